The van der Waals surface area contributed by atoms with Gasteiger partial charge in [-0.25, -0.2) is 8.78 Å². The van der Waals surface area contributed by atoms with Gasteiger partial charge in [0, 0.05) is 47.0 Å². The standard InChI is InChI=1S/C32H31F2N3O2/c33-32(34)29-22-7-1-3-9-24(22)31(25-10-4-2-8-23(25)30(29)32)37-17-15-36(16-18-37)19-21(38)20-39-28-13-5-12-27-26(28)11-6-14-35-27/h1-14,21,29-31,38H,15-20H2/t21?,29-,30+,31?/i19D2,20D2,21D. The van der Waals surface area contributed by atoms with E-state index in [4.69, 9.17) is 11.6 Å². The van der Waals surface area contributed by atoms with Crippen molar-refractivity contribution >= 4 is 10.9 Å². The van der Waals surface area contributed by atoms with E-state index in [-0.39, 0.29) is 24.9 Å². The Morgan fingerprint density at radius 2 is 1.54 bits per heavy atom. The monoisotopic (exact) mass is 532 g/mol. The number of nitrogens with zero attached hydrogens (tertiary/aromatic N) is 3. The van der Waals surface area contributed by atoms with E-state index in [1.165, 1.54) is 11.0 Å². The molecule has 2 heterocycles. The molecular formula is C32H31F2N3O2. The molecule has 0 spiro atoms. The Balaban J connectivity index is 1.14. The molecule has 1 aromatic heterocycles. The predicted molar refractivity (Wildman–Crippen MR) is 146 cm³/mol. The first kappa shape index (κ1) is 19.6. The molecule has 2 unspecified atom stereocenters. The van der Waals surface area contributed by atoms with Crippen molar-refractivity contribution in [2.75, 3.05) is 39.2 Å². The van der Waals surface area contributed by atoms with Gasteiger partial charge in [-0.05, 0) is 46.5 Å². The summed E-state index contributed by atoms with van der Waals surface area (Å²) in [5, 5.41) is 11.7. The first-order valence-corrected chi connectivity index (χ1v) is 13.2. The zero-order chi connectivity index (χ0) is 31.1. The second-order valence-corrected chi connectivity index (χ2v) is 10.3. The van der Waals surface area contributed by atoms with Crippen LogP contribution in [0.25, 0.3) is 10.9 Å². The quantitative estimate of drug-likeness (QED) is 0.370. The maximum Gasteiger partial charge on any atom is 0.263 e. The lowest BCUT2D eigenvalue weighted by Gasteiger charge is -2.41. The fraction of sp³-hybridized carbons (Fsp3) is 0.344. The Morgan fingerprint density at radius 1 is 0.897 bits per heavy atom. The lowest BCUT2D eigenvalue weighted by molar-refractivity contribution is 0.0400. The number of hydrogen-bond acceptors (Lipinski definition) is 5. The number of pyridine rings is 1. The molecule has 4 atom stereocenters. The summed E-state index contributed by atoms with van der Waals surface area (Å²) in [5.41, 5.74) is 3.36. The highest BCUT2D eigenvalue weighted by Gasteiger charge is 2.71. The van der Waals surface area contributed by atoms with Crippen LogP contribution in [0.3, 0.4) is 0 Å². The molecule has 39 heavy (non-hydrogen) atoms. The van der Waals surface area contributed by atoms with Gasteiger partial charge in [-0.2, -0.15) is 0 Å². The maximum atomic E-state index is 15.1. The molecule has 3 aliphatic rings. The van der Waals surface area contributed by atoms with Crippen LogP contribution in [0.2, 0.25) is 0 Å². The van der Waals surface area contributed by atoms with Crippen molar-refractivity contribution < 1.29 is 25.5 Å². The summed E-state index contributed by atoms with van der Waals surface area (Å²) in [7, 11) is 0. The molecule has 2 aliphatic carbocycles. The molecule has 0 amide bonds. The molecule has 7 heteroatoms. The highest BCUT2D eigenvalue weighted by molar-refractivity contribution is 5.84. The average Bonchev–Trinajstić information content (AvgIpc) is 3.62. The molecule has 2 fully saturated rings. The number of piperazine rings is 1. The summed E-state index contributed by atoms with van der Waals surface area (Å²) in [6, 6.07) is 22.4. The second kappa shape index (κ2) is 9.66. The minimum absolute atomic E-state index is 0.0289. The molecule has 1 saturated heterocycles. The number of rotatable bonds is 6. The van der Waals surface area contributed by atoms with Crippen LogP contribution in [-0.2, 0) is 0 Å². The molecule has 3 aromatic carbocycles. The van der Waals surface area contributed by atoms with E-state index in [0.29, 0.717) is 35.1 Å². The van der Waals surface area contributed by atoms with Crippen molar-refractivity contribution in [3.8, 4) is 5.75 Å². The van der Waals surface area contributed by atoms with Crippen molar-refractivity contribution in [1.82, 2.24) is 14.8 Å². The zero-order valence-electron chi connectivity index (χ0n) is 26.1. The fourth-order valence-electron chi connectivity index (χ4n) is 6.28. The third-order valence-electron chi connectivity index (χ3n) is 8.11. The number of ether oxygens (including phenoxy) is 1. The summed E-state index contributed by atoms with van der Waals surface area (Å²) in [6.45, 7) is -5.28. The van der Waals surface area contributed by atoms with Gasteiger partial charge in [-0.15, -0.1) is 0 Å². The van der Waals surface area contributed by atoms with Crippen molar-refractivity contribution in [2.45, 2.75) is 29.9 Å². The van der Waals surface area contributed by atoms with Crippen molar-refractivity contribution in [3.63, 3.8) is 0 Å². The van der Waals surface area contributed by atoms with Crippen LogP contribution in [0.15, 0.2) is 85.1 Å². The van der Waals surface area contributed by atoms with Crippen LogP contribution < -0.4 is 4.74 Å². The van der Waals surface area contributed by atoms with Gasteiger partial charge in [0.25, 0.3) is 5.92 Å². The molecule has 7 rings (SSSR count). The van der Waals surface area contributed by atoms with E-state index in [9.17, 15) is 5.11 Å². The number of aromatic nitrogens is 1. The van der Waals surface area contributed by atoms with Gasteiger partial charge >= 0.3 is 0 Å². The van der Waals surface area contributed by atoms with Crippen LogP contribution >= 0.6 is 0 Å². The average molecular weight is 533 g/mol. The summed E-state index contributed by atoms with van der Waals surface area (Å²) >= 11 is 0. The zero-order valence-corrected chi connectivity index (χ0v) is 21.1. The SMILES string of the molecule is [2H]C([2H])(Oc1cccc2ncccc12)C([2H])(O)C([2H])([2H])N1CCN(C2c3ccccc3[C@@H]3[C@H](c4ccccc42)C3(F)F)CC1. The van der Waals surface area contributed by atoms with Gasteiger partial charge in [0.2, 0.25) is 0 Å². The second-order valence-electron chi connectivity index (χ2n) is 10.3. The molecule has 5 nitrogen and oxygen atoms in total. The van der Waals surface area contributed by atoms with Gasteiger partial charge in [-0.1, -0.05) is 54.6 Å². The summed E-state index contributed by atoms with van der Waals surface area (Å²) in [4.78, 5) is 7.58. The largest absolute Gasteiger partial charge is 0.490 e. The molecular weight excluding hydrogens is 496 g/mol. The third-order valence-corrected chi connectivity index (χ3v) is 8.11. The Morgan fingerprint density at radius 3 is 2.21 bits per heavy atom. The van der Waals surface area contributed by atoms with Gasteiger partial charge < -0.3 is 9.84 Å². The lowest BCUT2D eigenvalue weighted by atomic mass is 9.90. The minimum Gasteiger partial charge on any atom is -0.490 e. The molecule has 1 aliphatic heterocycles. The predicted octanol–water partition coefficient (Wildman–Crippen LogP) is 5.21. The van der Waals surface area contributed by atoms with E-state index in [0.717, 1.165) is 11.1 Å². The summed E-state index contributed by atoms with van der Waals surface area (Å²) < 4.78 is 78.8. The summed E-state index contributed by atoms with van der Waals surface area (Å²) in [6.07, 6.45) is -1.76. The van der Waals surface area contributed by atoms with Crippen LogP contribution in [-0.4, -0.2) is 71.1 Å². The Bertz CT molecular complexity index is 1670. The number of aliphatic hydroxyl groups is 1. The molecule has 0 bridgehead atoms. The Kier molecular flexibility index (Phi) is 4.86. The highest BCUT2D eigenvalue weighted by atomic mass is 19.3. The summed E-state index contributed by atoms with van der Waals surface area (Å²) in [5.74, 6) is -4.58. The van der Waals surface area contributed by atoms with E-state index in [1.54, 1.807) is 54.7 Å². The van der Waals surface area contributed by atoms with Crippen molar-refractivity contribution in [1.29, 1.82) is 0 Å². The van der Waals surface area contributed by atoms with Gasteiger partial charge in [0.05, 0.1) is 27.5 Å². The van der Waals surface area contributed by atoms with Crippen molar-refractivity contribution in [2.24, 2.45) is 0 Å². The molecule has 1 saturated carbocycles. The highest BCUT2D eigenvalue weighted by Crippen LogP contribution is 2.70. The number of β-amino-alcohol motifs (C(OH)–C–C–N with tert-alkyl or cyclic N) is 1. The maximum absolute atomic E-state index is 15.1. The van der Waals surface area contributed by atoms with E-state index in [2.05, 4.69) is 9.88 Å². The lowest BCUT2D eigenvalue weighted by Crippen LogP contribution is -2.50. The van der Waals surface area contributed by atoms with Crippen LogP contribution in [0.5, 0.6) is 5.75 Å². The normalized spacial score (nSPS) is 28.2. The number of benzene rings is 3. The van der Waals surface area contributed by atoms with Gasteiger partial charge in [0.15, 0.2) is 0 Å². The van der Waals surface area contributed by atoms with E-state index >= 15 is 8.78 Å². The minimum atomic E-state index is -3.33. The van der Waals surface area contributed by atoms with Crippen LogP contribution in [0, 0.1) is 0 Å². The molecule has 1 N–H and O–H groups in total. The molecule has 200 valence electrons. The van der Waals surface area contributed by atoms with E-state index in [1.807, 2.05) is 24.3 Å². The fourth-order valence-corrected chi connectivity index (χ4v) is 6.28. The number of hydrogen-bond donors (Lipinski definition) is 1. The van der Waals surface area contributed by atoms with E-state index < -0.39 is 36.9 Å². The molecule has 0 radical (unpaired) electrons. The third kappa shape index (κ3) is 4.29. The first-order chi connectivity index (χ1) is 20.9. The first-order valence-electron chi connectivity index (χ1n) is 15.7. The molecule has 4 aromatic rings. The van der Waals surface area contributed by atoms with Gasteiger partial charge in [-0.3, -0.25) is 14.8 Å². The topological polar surface area (TPSA) is 48.8 Å². The Labute approximate surface area is 233 Å². The number of fused-ring (bicyclic) bond motifs is 6. The van der Waals surface area contributed by atoms with Gasteiger partial charge in [0.1, 0.15) is 18.4 Å². The van der Waals surface area contributed by atoms with Crippen molar-refractivity contribution in [3.05, 3.63) is 107 Å². The van der Waals surface area contributed by atoms with Crippen LogP contribution in [0.4, 0.5) is 8.78 Å². The number of halogens is 2. The van der Waals surface area contributed by atoms with Crippen LogP contribution in [0.1, 0.15) is 47.0 Å². The Hall–Kier alpha value is -3.39. The smallest absolute Gasteiger partial charge is 0.263 e. The number of alkyl halides is 2.